The minimum absolute atomic E-state index is 0.0581. The molecular weight excluding hydrogens is 725 g/mol. The number of aromatic nitrogens is 1. The van der Waals surface area contributed by atoms with Crippen LogP contribution in [0.15, 0.2) is 200 Å². The maximum absolute atomic E-state index is 2.45. The van der Waals surface area contributed by atoms with E-state index in [0.29, 0.717) is 0 Å². The summed E-state index contributed by atoms with van der Waals surface area (Å²) in [7, 11) is 0. The average molecular weight is 767 g/mol. The Morgan fingerprint density at radius 1 is 0.367 bits per heavy atom. The summed E-state index contributed by atoms with van der Waals surface area (Å²) in [5, 5.41) is 10.0. The molecule has 0 aliphatic heterocycles. The third-order valence-corrected chi connectivity index (χ3v) is 12.8. The van der Waals surface area contributed by atoms with Gasteiger partial charge in [0.15, 0.2) is 0 Å². The van der Waals surface area contributed by atoms with Crippen LogP contribution in [0.25, 0.3) is 93.2 Å². The highest BCUT2D eigenvalue weighted by Gasteiger charge is 2.26. The molecule has 0 bridgehead atoms. The molecule has 10 aromatic carbocycles. The van der Waals surface area contributed by atoms with E-state index >= 15 is 0 Å². The van der Waals surface area contributed by atoms with Crippen LogP contribution in [0.3, 0.4) is 0 Å². The zero-order valence-corrected chi connectivity index (χ0v) is 33.9. The van der Waals surface area contributed by atoms with Crippen molar-refractivity contribution in [1.82, 2.24) is 4.57 Å². The number of hydrogen-bond acceptors (Lipinski definition) is 1. The second-order valence-corrected chi connectivity index (χ2v) is 17.4. The van der Waals surface area contributed by atoms with Crippen LogP contribution >= 0.6 is 0 Å². The first-order valence-corrected chi connectivity index (χ1v) is 21.0. The van der Waals surface area contributed by atoms with Gasteiger partial charge in [0, 0.05) is 33.4 Å². The molecule has 1 aromatic heterocycles. The van der Waals surface area contributed by atoms with Gasteiger partial charge in [-0.1, -0.05) is 136 Å². The predicted molar refractivity (Wildman–Crippen MR) is 257 cm³/mol. The molecule has 0 fully saturated rings. The Morgan fingerprint density at radius 2 is 0.850 bits per heavy atom. The van der Waals surface area contributed by atoms with Gasteiger partial charge in [-0.15, -0.1) is 0 Å². The smallest absolute Gasteiger partial charge is 0.0546 e. The topological polar surface area (TPSA) is 8.17 Å². The standard InChI is InChI=1S/C58H42N2/c1-58(2,3)44-23-27-45(28-24-44)59(57-36-39-16-8-7-15-38(39)31-50(57)37-13-5-4-6-14-37)46-25-21-40-32-51-53(34-42(40)29-46)52-33-41-22-26-47(30-43(41)35-54(51)52)60-55-19-11-9-17-48(55)49-18-10-12-20-56(49)60/h4-36H,1-3H3. The van der Waals surface area contributed by atoms with Gasteiger partial charge in [-0.05, 0) is 156 Å². The van der Waals surface area contributed by atoms with Crippen molar-refractivity contribution in [2.75, 3.05) is 4.90 Å². The molecule has 0 atom stereocenters. The maximum atomic E-state index is 2.45. The molecule has 0 spiro atoms. The Labute approximate surface area is 350 Å². The lowest BCUT2D eigenvalue weighted by Gasteiger charge is -2.30. The molecule has 284 valence electrons. The molecule has 1 aliphatic carbocycles. The molecule has 11 aromatic rings. The summed E-state index contributed by atoms with van der Waals surface area (Å²) in [6.45, 7) is 6.84. The summed E-state index contributed by atoms with van der Waals surface area (Å²) in [6, 6.07) is 74.4. The molecule has 1 aliphatic rings. The minimum Gasteiger partial charge on any atom is -0.310 e. The van der Waals surface area contributed by atoms with Gasteiger partial charge < -0.3 is 9.47 Å². The Bertz CT molecular complexity index is 3460. The number of fused-ring (bicyclic) bond motifs is 10. The molecule has 2 nitrogen and oxygen atoms in total. The fourth-order valence-electron chi connectivity index (χ4n) is 9.68. The average Bonchev–Trinajstić information content (AvgIpc) is 3.62. The van der Waals surface area contributed by atoms with Crippen molar-refractivity contribution in [3.05, 3.63) is 206 Å². The molecule has 1 heterocycles. The Morgan fingerprint density at radius 3 is 1.48 bits per heavy atom. The van der Waals surface area contributed by atoms with Gasteiger partial charge in [0.25, 0.3) is 0 Å². The van der Waals surface area contributed by atoms with Gasteiger partial charge in [-0.25, -0.2) is 0 Å². The number of anilines is 3. The van der Waals surface area contributed by atoms with E-state index < -0.39 is 0 Å². The van der Waals surface area contributed by atoms with Crippen LogP contribution in [0.4, 0.5) is 17.1 Å². The lowest BCUT2D eigenvalue weighted by Crippen LogP contribution is -2.14. The Balaban J connectivity index is 0.985. The van der Waals surface area contributed by atoms with Crippen LogP contribution in [0, 0.1) is 0 Å². The lowest BCUT2D eigenvalue weighted by molar-refractivity contribution is 0.590. The fourth-order valence-corrected chi connectivity index (χ4v) is 9.68. The van der Waals surface area contributed by atoms with Crippen molar-refractivity contribution in [2.45, 2.75) is 26.2 Å². The highest BCUT2D eigenvalue weighted by atomic mass is 15.1. The number of rotatable bonds is 5. The monoisotopic (exact) mass is 766 g/mol. The molecular formula is C58H42N2. The number of benzene rings is 10. The van der Waals surface area contributed by atoms with Crippen LogP contribution in [0.2, 0.25) is 0 Å². The van der Waals surface area contributed by atoms with E-state index in [1.54, 1.807) is 0 Å². The third kappa shape index (κ3) is 5.41. The highest BCUT2D eigenvalue weighted by molar-refractivity contribution is 6.13. The second kappa shape index (κ2) is 13.0. The molecule has 0 amide bonds. The molecule has 0 saturated heterocycles. The van der Waals surface area contributed by atoms with Crippen LogP contribution in [0.1, 0.15) is 26.3 Å². The molecule has 0 N–H and O–H groups in total. The zero-order valence-electron chi connectivity index (χ0n) is 33.9. The Kier molecular flexibility index (Phi) is 7.52. The van der Waals surface area contributed by atoms with Crippen molar-refractivity contribution in [3.63, 3.8) is 0 Å². The van der Waals surface area contributed by atoms with E-state index in [0.717, 1.165) is 17.1 Å². The van der Waals surface area contributed by atoms with Crippen molar-refractivity contribution >= 4 is 71.2 Å². The summed E-state index contributed by atoms with van der Waals surface area (Å²) < 4.78 is 2.41. The first kappa shape index (κ1) is 34.6. The summed E-state index contributed by atoms with van der Waals surface area (Å²) in [5.74, 6) is 0. The van der Waals surface area contributed by atoms with Gasteiger partial charge in [0.1, 0.15) is 0 Å². The maximum Gasteiger partial charge on any atom is 0.0546 e. The number of nitrogens with zero attached hydrogens (tertiary/aromatic N) is 2. The number of hydrogen-bond donors (Lipinski definition) is 0. The summed E-state index contributed by atoms with van der Waals surface area (Å²) in [6.07, 6.45) is 0. The second-order valence-electron chi connectivity index (χ2n) is 17.4. The van der Waals surface area contributed by atoms with Crippen molar-refractivity contribution < 1.29 is 0 Å². The summed E-state index contributed by atoms with van der Waals surface area (Å²) in [4.78, 5) is 2.45. The van der Waals surface area contributed by atoms with Crippen LogP contribution in [-0.2, 0) is 5.41 Å². The fraction of sp³-hybridized carbons (Fsp3) is 0.0690. The predicted octanol–water partition coefficient (Wildman–Crippen LogP) is 16.3. The first-order chi connectivity index (χ1) is 29.4. The van der Waals surface area contributed by atoms with E-state index in [9.17, 15) is 0 Å². The van der Waals surface area contributed by atoms with Crippen LogP contribution < -0.4 is 4.90 Å². The molecule has 0 radical (unpaired) electrons. The third-order valence-electron chi connectivity index (χ3n) is 12.8. The van der Waals surface area contributed by atoms with Crippen LogP contribution in [-0.4, -0.2) is 4.57 Å². The van der Waals surface area contributed by atoms with Crippen molar-refractivity contribution in [3.8, 4) is 39.1 Å². The Hall–Kier alpha value is -7.42. The summed E-state index contributed by atoms with van der Waals surface area (Å²) >= 11 is 0. The molecule has 0 unspecified atom stereocenters. The van der Waals surface area contributed by atoms with E-state index in [2.05, 4.69) is 230 Å². The highest BCUT2D eigenvalue weighted by Crippen LogP contribution is 2.51. The van der Waals surface area contributed by atoms with Crippen molar-refractivity contribution in [1.29, 1.82) is 0 Å². The SMILES string of the molecule is CC(C)(C)c1ccc(N(c2ccc3cc4c(cc3c2)-c2cc3ccc(-n5c6ccccc6c6ccccc65)cc3cc2-4)c2cc3ccccc3cc2-c2ccccc2)cc1. The van der Waals surface area contributed by atoms with E-state index in [1.165, 1.54) is 98.8 Å². The van der Waals surface area contributed by atoms with E-state index in [1.807, 2.05) is 0 Å². The van der Waals surface area contributed by atoms with Gasteiger partial charge >= 0.3 is 0 Å². The van der Waals surface area contributed by atoms with Gasteiger partial charge in [0.2, 0.25) is 0 Å². The summed E-state index contributed by atoms with van der Waals surface area (Å²) in [5.41, 5.74) is 16.1. The van der Waals surface area contributed by atoms with Gasteiger partial charge in [-0.3, -0.25) is 0 Å². The normalized spacial score (nSPS) is 12.2. The molecule has 0 saturated carbocycles. The lowest BCUT2D eigenvalue weighted by atomic mass is 9.78. The van der Waals surface area contributed by atoms with E-state index in [4.69, 9.17) is 0 Å². The number of para-hydroxylation sites is 2. The zero-order chi connectivity index (χ0) is 40.1. The van der Waals surface area contributed by atoms with Crippen LogP contribution in [0.5, 0.6) is 0 Å². The van der Waals surface area contributed by atoms with Gasteiger partial charge in [-0.2, -0.15) is 0 Å². The minimum atomic E-state index is 0.0581. The first-order valence-electron chi connectivity index (χ1n) is 21.0. The molecule has 2 heteroatoms. The van der Waals surface area contributed by atoms with Gasteiger partial charge in [0.05, 0.1) is 16.7 Å². The van der Waals surface area contributed by atoms with Crippen molar-refractivity contribution in [2.24, 2.45) is 0 Å². The largest absolute Gasteiger partial charge is 0.310 e. The van der Waals surface area contributed by atoms with E-state index in [-0.39, 0.29) is 5.41 Å². The molecule has 12 rings (SSSR count). The quantitative estimate of drug-likeness (QED) is 0.169. The molecule has 60 heavy (non-hydrogen) atoms.